The number of nitrogens with zero attached hydrogens (tertiary/aromatic N) is 2. The number of benzene rings is 1. The maximum absolute atomic E-state index is 12.6. The van der Waals surface area contributed by atoms with Crippen LogP contribution in [0.25, 0.3) is 0 Å². The maximum atomic E-state index is 12.6. The molecule has 1 aromatic carbocycles. The minimum Gasteiger partial charge on any atom is -0.493 e. The van der Waals surface area contributed by atoms with Crippen molar-refractivity contribution < 1.29 is 17.9 Å². The van der Waals surface area contributed by atoms with Crippen LogP contribution in [0.5, 0.6) is 11.5 Å². The lowest BCUT2D eigenvalue weighted by Gasteiger charge is -2.33. The lowest BCUT2D eigenvalue weighted by Crippen LogP contribution is -2.48. The first-order chi connectivity index (χ1) is 12.4. The summed E-state index contributed by atoms with van der Waals surface area (Å²) in [5.74, 6) is 1.39. The Bertz CT molecular complexity index is 861. The second-order valence-corrected chi connectivity index (χ2v) is 9.81. The lowest BCUT2D eigenvalue weighted by atomic mass is 10.1. The number of halogens is 1. The highest BCUT2D eigenvalue weighted by Crippen LogP contribution is 2.30. The fourth-order valence-corrected chi connectivity index (χ4v) is 5.99. The Balaban J connectivity index is 1.62. The summed E-state index contributed by atoms with van der Waals surface area (Å²) in [4.78, 5) is 2.23. The molecular formula is C17H21ClN2O4S2. The molecule has 1 aromatic heterocycles. The molecular weight excluding hydrogens is 396 g/mol. The average Bonchev–Trinajstić information content (AvgIpc) is 3.09. The molecule has 0 unspecified atom stereocenters. The molecule has 6 nitrogen and oxygen atoms in total. The van der Waals surface area contributed by atoms with Gasteiger partial charge in [-0.2, -0.15) is 4.31 Å². The van der Waals surface area contributed by atoms with Gasteiger partial charge in [-0.25, -0.2) is 8.42 Å². The van der Waals surface area contributed by atoms with Crippen molar-refractivity contribution in [2.24, 2.45) is 0 Å². The molecule has 1 aliphatic rings. The second-order valence-electron chi connectivity index (χ2n) is 5.93. The lowest BCUT2D eigenvalue weighted by molar-refractivity contribution is 0.181. The molecule has 0 aliphatic carbocycles. The SMILES string of the molecule is COc1ccc(CN2CCN(S(=O)(=O)c3ccc(Cl)s3)CC2)cc1OC. The molecule has 0 radical (unpaired) electrons. The third kappa shape index (κ3) is 4.15. The Labute approximate surface area is 162 Å². The van der Waals surface area contributed by atoms with Gasteiger partial charge in [0.1, 0.15) is 4.21 Å². The van der Waals surface area contributed by atoms with Crippen molar-refractivity contribution >= 4 is 33.0 Å². The zero-order chi connectivity index (χ0) is 18.7. The standard InChI is InChI=1S/C17H21ClN2O4S2/c1-23-14-4-3-13(11-15(14)24-2)12-19-7-9-20(10-8-19)26(21,22)17-6-5-16(18)25-17/h3-6,11H,7-10,12H2,1-2H3. The number of methoxy groups -OCH3 is 2. The highest BCUT2D eigenvalue weighted by Gasteiger charge is 2.29. The Kier molecular flexibility index (Phi) is 6.09. The summed E-state index contributed by atoms with van der Waals surface area (Å²) in [5, 5.41) is 0. The van der Waals surface area contributed by atoms with Crippen LogP contribution in [0.15, 0.2) is 34.5 Å². The molecule has 2 aromatic rings. The molecule has 0 bridgehead atoms. The third-order valence-electron chi connectivity index (χ3n) is 4.33. The molecule has 1 aliphatic heterocycles. The highest BCUT2D eigenvalue weighted by molar-refractivity contribution is 7.91. The van der Waals surface area contributed by atoms with E-state index in [2.05, 4.69) is 4.90 Å². The molecule has 9 heteroatoms. The zero-order valence-corrected chi connectivity index (χ0v) is 17.0. The highest BCUT2D eigenvalue weighted by atomic mass is 35.5. The van der Waals surface area contributed by atoms with Crippen LogP contribution in [0, 0.1) is 0 Å². The van der Waals surface area contributed by atoms with Gasteiger partial charge in [-0.3, -0.25) is 4.90 Å². The minimum atomic E-state index is -3.45. The van der Waals surface area contributed by atoms with E-state index in [9.17, 15) is 8.42 Å². The fourth-order valence-electron chi connectivity index (χ4n) is 2.93. The summed E-state index contributed by atoms with van der Waals surface area (Å²) >= 11 is 6.97. The number of sulfonamides is 1. The van der Waals surface area contributed by atoms with E-state index in [-0.39, 0.29) is 0 Å². The van der Waals surface area contributed by atoms with E-state index in [1.165, 1.54) is 4.31 Å². The Morgan fingerprint density at radius 1 is 1.04 bits per heavy atom. The van der Waals surface area contributed by atoms with Crippen LogP contribution in [-0.4, -0.2) is 58.0 Å². The maximum Gasteiger partial charge on any atom is 0.252 e. The topological polar surface area (TPSA) is 59.1 Å². The quantitative estimate of drug-likeness (QED) is 0.724. The zero-order valence-electron chi connectivity index (χ0n) is 14.6. The van der Waals surface area contributed by atoms with E-state index in [4.69, 9.17) is 21.1 Å². The van der Waals surface area contributed by atoms with Crippen molar-refractivity contribution in [3.63, 3.8) is 0 Å². The summed E-state index contributed by atoms with van der Waals surface area (Å²) < 4.78 is 38.2. The molecule has 1 fully saturated rings. The van der Waals surface area contributed by atoms with E-state index in [1.807, 2.05) is 18.2 Å². The smallest absolute Gasteiger partial charge is 0.252 e. The Hall–Kier alpha value is -1.32. The summed E-state index contributed by atoms with van der Waals surface area (Å²) in [6, 6.07) is 9.02. The van der Waals surface area contributed by atoms with Crippen molar-refractivity contribution in [3.05, 3.63) is 40.2 Å². The summed E-state index contributed by atoms with van der Waals surface area (Å²) in [5.41, 5.74) is 1.10. The minimum absolute atomic E-state index is 0.302. The Morgan fingerprint density at radius 3 is 2.31 bits per heavy atom. The van der Waals surface area contributed by atoms with Gasteiger partial charge in [-0.1, -0.05) is 17.7 Å². The normalized spacial score (nSPS) is 16.6. The van der Waals surface area contributed by atoms with Crippen molar-refractivity contribution in [3.8, 4) is 11.5 Å². The number of piperazine rings is 1. The van der Waals surface area contributed by atoms with E-state index < -0.39 is 10.0 Å². The predicted octanol–water partition coefficient (Wildman–Crippen LogP) is 2.93. The first-order valence-corrected chi connectivity index (χ1v) is 10.8. The van der Waals surface area contributed by atoms with Gasteiger partial charge in [-0.05, 0) is 29.8 Å². The van der Waals surface area contributed by atoms with Gasteiger partial charge in [0.25, 0.3) is 10.0 Å². The van der Waals surface area contributed by atoms with E-state index in [0.29, 0.717) is 46.2 Å². The van der Waals surface area contributed by atoms with Gasteiger partial charge in [0.05, 0.1) is 18.6 Å². The van der Waals surface area contributed by atoms with E-state index in [0.717, 1.165) is 23.4 Å². The van der Waals surface area contributed by atoms with E-state index in [1.54, 1.807) is 26.4 Å². The largest absolute Gasteiger partial charge is 0.493 e. The van der Waals surface area contributed by atoms with Crippen molar-refractivity contribution in [2.45, 2.75) is 10.8 Å². The Morgan fingerprint density at radius 2 is 1.73 bits per heavy atom. The van der Waals surface area contributed by atoms with Crippen LogP contribution in [0.1, 0.15) is 5.56 Å². The fraction of sp³-hybridized carbons (Fsp3) is 0.412. The van der Waals surface area contributed by atoms with Crippen molar-refractivity contribution in [1.82, 2.24) is 9.21 Å². The molecule has 0 N–H and O–H groups in total. The number of ether oxygens (including phenoxy) is 2. The van der Waals surface area contributed by atoms with Gasteiger partial charge in [0.15, 0.2) is 11.5 Å². The second kappa shape index (κ2) is 8.14. The summed E-state index contributed by atoms with van der Waals surface area (Å²) in [6.45, 7) is 3.01. The van der Waals surface area contributed by atoms with Crippen LogP contribution in [-0.2, 0) is 16.6 Å². The summed E-state index contributed by atoms with van der Waals surface area (Å²) in [6.07, 6.45) is 0. The van der Waals surface area contributed by atoms with Gasteiger partial charge in [-0.15, -0.1) is 11.3 Å². The number of hydrogen-bond acceptors (Lipinski definition) is 6. The summed E-state index contributed by atoms with van der Waals surface area (Å²) in [7, 11) is -0.231. The molecule has 142 valence electrons. The first kappa shape index (κ1) is 19.4. The van der Waals surface area contributed by atoms with E-state index >= 15 is 0 Å². The molecule has 0 atom stereocenters. The van der Waals surface area contributed by atoms with Gasteiger partial charge < -0.3 is 9.47 Å². The van der Waals surface area contributed by atoms with Gasteiger partial charge >= 0.3 is 0 Å². The van der Waals surface area contributed by atoms with Crippen LogP contribution >= 0.6 is 22.9 Å². The van der Waals surface area contributed by atoms with Crippen LogP contribution < -0.4 is 9.47 Å². The molecule has 3 rings (SSSR count). The third-order valence-corrected chi connectivity index (χ3v) is 7.93. The van der Waals surface area contributed by atoms with Crippen LogP contribution in [0.3, 0.4) is 0 Å². The van der Waals surface area contributed by atoms with Gasteiger partial charge in [0, 0.05) is 32.7 Å². The molecule has 0 spiro atoms. The molecule has 0 saturated carbocycles. The monoisotopic (exact) mass is 416 g/mol. The molecule has 1 saturated heterocycles. The van der Waals surface area contributed by atoms with Gasteiger partial charge in [0.2, 0.25) is 0 Å². The number of thiophene rings is 1. The number of rotatable bonds is 6. The van der Waals surface area contributed by atoms with Crippen molar-refractivity contribution in [1.29, 1.82) is 0 Å². The van der Waals surface area contributed by atoms with Crippen LogP contribution in [0.2, 0.25) is 4.34 Å². The van der Waals surface area contributed by atoms with Crippen LogP contribution in [0.4, 0.5) is 0 Å². The van der Waals surface area contributed by atoms with Crippen molar-refractivity contribution in [2.75, 3.05) is 40.4 Å². The molecule has 0 amide bonds. The first-order valence-electron chi connectivity index (χ1n) is 8.13. The molecule has 26 heavy (non-hydrogen) atoms. The number of hydrogen-bond donors (Lipinski definition) is 0. The molecule has 2 heterocycles. The average molecular weight is 417 g/mol. The predicted molar refractivity (Wildman–Crippen MR) is 103 cm³/mol.